The molecule has 0 amide bonds. The monoisotopic (exact) mass is 428 g/mol. The maximum absolute atomic E-state index is 11.6. The van der Waals surface area contributed by atoms with Crippen LogP contribution in [0.2, 0.25) is 5.02 Å². The lowest BCUT2D eigenvalue weighted by Crippen LogP contribution is -2.43. The molecule has 2 aromatic rings. The van der Waals surface area contributed by atoms with Crippen molar-refractivity contribution >= 4 is 28.8 Å². The van der Waals surface area contributed by atoms with Crippen molar-refractivity contribution in [3.8, 4) is 0 Å². The third-order valence-corrected chi connectivity index (χ3v) is 6.48. The Morgan fingerprint density at radius 2 is 1.83 bits per heavy atom. The molecule has 0 saturated carbocycles. The Balaban J connectivity index is 1.39. The molecule has 7 nitrogen and oxygen atoms in total. The first-order valence-corrected chi connectivity index (χ1v) is 10.6. The fourth-order valence-corrected chi connectivity index (χ4v) is 4.63. The van der Waals surface area contributed by atoms with Crippen molar-refractivity contribution in [3.05, 3.63) is 68.7 Å². The number of nitrogens with zero attached hydrogens (tertiary/aromatic N) is 2. The lowest BCUT2D eigenvalue weighted by atomic mass is 9.86. The molecule has 0 aliphatic carbocycles. The Bertz CT molecular complexity index is 942. The van der Waals surface area contributed by atoms with Crippen molar-refractivity contribution in [2.75, 3.05) is 18.0 Å². The van der Waals surface area contributed by atoms with Crippen LogP contribution in [0.4, 0.5) is 11.4 Å². The van der Waals surface area contributed by atoms with Crippen LogP contribution in [0.5, 0.6) is 0 Å². The number of ketones is 1. The Labute approximate surface area is 180 Å². The minimum absolute atomic E-state index is 0.00427. The molecule has 8 heteroatoms. The number of rotatable bonds is 5. The largest absolute Gasteiger partial charge is 0.366 e. The standard InChI is InChI=1S/C22H25ClN4O3/c1-14(28)17-4-7-21(22(12-17)27(29)30)26-10-8-16(9-11-26)20-13-19(24-25-20)15-2-5-18(23)6-3-15/h2-7,12,16,19-20,24-25H,8-11,13H2,1H3. The predicted octanol–water partition coefficient (Wildman–Crippen LogP) is 4.28. The fraction of sp³-hybridized carbons (Fsp3) is 0.409. The third-order valence-electron chi connectivity index (χ3n) is 6.23. The van der Waals surface area contributed by atoms with Crippen LogP contribution in [0.3, 0.4) is 0 Å². The van der Waals surface area contributed by atoms with Gasteiger partial charge in [0.15, 0.2) is 5.78 Å². The van der Waals surface area contributed by atoms with E-state index in [4.69, 9.17) is 11.6 Å². The minimum Gasteiger partial charge on any atom is -0.366 e. The molecule has 2 fully saturated rings. The number of halogens is 1. The number of piperidine rings is 1. The molecule has 0 spiro atoms. The van der Waals surface area contributed by atoms with Gasteiger partial charge >= 0.3 is 0 Å². The number of benzene rings is 2. The van der Waals surface area contributed by atoms with Crippen molar-refractivity contribution in [1.82, 2.24) is 10.9 Å². The molecule has 30 heavy (non-hydrogen) atoms. The van der Waals surface area contributed by atoms with Gasteiger partial charge in [0.2, 0.25) is 0 Å². The van der Waals surface area contributed by atoms with E-state index in [2.05, 4.69) is 27.9 Å². The topological polar surface area (TPSA) is 87.5 Å². The van der Waals surface area contributed by atoms with E-state index in [1.807, 2.05) is 12.1 Å². The van der Waals surface area contributed by atoms with E-state index in [0.29, 0.717) is 23.2 Å². The number of carbonyl (C=O) groups is 1. The van der Waals surface area contributed by atoms with Crippen LogP contribution in [0.25, 0.3) is 0 Å². The van der Waals surface area contributed by atoms with E-state index >= 15 is 0 Å². The molecule has 2 heterocycles. The number of nitro benzene ring substituents is 1. The van der Waals surface area contributed by atoms with Gasteiger partial charge in [-0.25, -0.2) is 0 Å². The van der Waals surface area contributed by atoms with Crippen molar-refractivity contribution in [1.29, 1.82) is 0 Å². The average molecular weight is 429 g/mol. The van der Waals surface area contributed by atoms with Gasteiger partial charge in [0.1, 0.15) is 5.69 Å². The zero-order valence-corrected chi connectivity index (χ0v) is 17.6. The zero-order chi connectivity index (χ0) is 21.3. The number of carbonyl (C=O) groups excluding carboxylic acids is 1. The summed E-state index contributed by atoms with van der Waals surface area (Å²) >= 11 is 5.99. The number of hydrogen-bond acceptors (Lipinski definition) is 6. The summed E-state index contributed by atoms with van der Waals surface area (Å²) in [5.41, 5.74) is 9.03. The number of Topliss-reactive ketones (excluding diaryl/α,β-unsaturated/α-hetero) is 1. The van der Waals surface area contributed by atoms with E-state index in [9.17, 15) is 14.9 Å². The zero-order valence-electron chi connectivity index (χ0n) is 16.8. The van der Waals surface area contributed by atoms with Gasteiger partial charge in [-0.2, -0.15) is 0 Å². The molecule has 0 aromatic heterocycles. The predicted molar refractivity (Wildman–Crippen MR) is 117 cm³/mol. The van der Waals surface area contributed by atoms with Crippen LogP contribution >= 0.6 is 11.6 Å². The molecule has 2 N–H and O–H groups in total. The quantitative estimate of drug-likeness (QED) is 0.420. The minimum atomic E-state index is -0.396. The highest BCUT2D eigenvalue weighted by molar-refractivity contribution is 6.30. The molecule has 2 unspecified atom stereocenters. The molecule has 4 rings (SSSR count). The lowest BCUT2D eigenvalue weighted by Gasteiger charge is -2.35. The third kappa shape index (κ3) is 4.33. The van der Waals surface area contributed by atoms with Gasteiger partial charge in [-0.1, -0.05) is 23.7 Å². The van der Waals surface area contributed by atoms with E-state index < -0.39 is 4.92 Å². The molecule has 2 atom stereocenters. The Morgan fingerprint density at radius 3 is 2.47 bits per heavy atom. The number of nitrogens with one attached hydrogen (secondary N) is 2. The normalized spacial score (nSPS) is 22.3. The summed E-state index contributed by atoms with van der Waals surface area (Å²) in [5, 5.41) is 12.3. The Morgan fingerprint density at radius 1 is 1.13 bits per heavy atom. The molecule has 2 aliphatic rings. The van der Waals surface area contributed by atoms with Crippen molar-refractivity contribution in [2.24, 2.45) is 5.92 Å². The van der Waals surface area contributed by atoms with Gasteiger partial charge < -0.3 is 4.90 Å². The Hall–Kier alpha value is -2.48. The van der Waals surface area contributed by atoms with Crippen molar-refractivity contribution in [2.45, 2.75) is 38.3 Å². The van der Waals surface area contributed by atoms with Gasteiger partial charge in [0.05, 0.1) is 4.92 Å². The van der Waals surface area contributed by atoms with Gasteiger partial charge in [-0.3, -0.25) is 25.8 Å². The second kappa shape index (κ2) is 8.71. The lowest BCUT2D eigenvalue weighted by molar-refractivity contribution is -0.384. The smallest absolute Gasteiger partial charge is 0.293 e. The van der Waals surface area contributed by atoms with Crippen molar-refractivity contribution in [3.63, 3.8) is 0 Å². The van der Waals surface area contributed by atoms with E-state index in [1.54, 1.807) is 12.1 Å². The molecule has 2 aliphatic heterocycles. The van der Waals surface area contributed by atoms with E-state index in [0.717, 1.165) is 37.4 Å². The van der Waals surface area contributed by atoms with Gasteiger partial charge in [0, 0.05) is 41.8 Å². The summed E-state index contributed by atoms with van der Waals surface area (Å²) < 4.78 is 0. The van der Waals surface area contributed by atoms with Crippen LogP contribution in [0, 0.1) is 16.0 Å². The highest BCUT2D eigenvalue weighted by atomic mass is 35.5. The van der Waals surface area contributed by atoms with Gasteiger partial charge in [-0.05, 0) is 61.9 Å². The molecular formula is C22H25ClN4O3. The fourth-order valence-electron chi connectivity index (χ4n) is 4.50. The van der Waals surface area contributed by atoms with E-state index in [1.165, 1.54) is 18.6 Å². The maximum Gasteiger partial charge on any atom is 0.293 e. The Kier molecular flexibility index (Phi) is 6.04. The molecule has 158 valence electrons. The number of nitro groups is 1. The summed E-state index contributed by atoms with van der Waals surface area (Å²) in [4.78, 5) is 24.8. The van der Waals surface area contributed by atoms with Crippen LogP contribution in [0.1, 0.15) is 48.1 Å². The van der Waals surface area contributed by atoms with E-state index in [-0.39, 0.29) is 17.5 Å². The summed E-state index contributed by atoms with van der Waals surface area (Å²) in [5.74, 6) is 0.333. The molecule has 0 radical (unpaired) electrons. The average Bonchev–Trinajstić information content (AvgIpc) is 3.24. The first kappa shape index (κ1) is 20.8. The first-order chi connectivity index (χ1) is 14.4. The highest BCUT2D eigenvalue weighted by Gasteiger charge is 2.34. The van der Waals surface area contributed by atoms with Crippen LogP contribution in [-0.4, -0.2) is 29.8 Å². The van der Waals surface area contributed by atoms with Crippen molar-refractivity contribution < 1.29 is 9.72 Å². The molecule has 0 bridgehead atoms. The summed E-state index contributed by atoms with van der Waals surface area (Å²) in [6, 6.07) is 13.3. The second-order valence-electron chi connectivity index (χ2n) is 8.08. The molecular weight excluding hydrogens is 404 g/mol. The second-order valence-corrected chi connectivity index (χ2v) is 8.51. The highest BCUT2D eigenvalue weighted by Crippen LogP contribution is 2.35. The van der Waals surface area contributed by atoms with Crippen LogP contribution in [0.15, 0.2) is 42.5 Å². The number of hydrazine groups is 1. The summed E-state index contributed by atoms with van der Waals surface area (Å²) in [7, 11) is 0. The summed E-state index contributed by atoms with van der Waals surface area (Å²) in [6.07, 6.45) is 2.91. The number of anilines is 1. The maximum atomic E-state index is 11.6. The van der Waals surface area contributed by atoms with Gasteiger partial charge in [0.25, 0.3) is 5.69 Å². The number of hydrogen-bond donors (Lipinski definition) is 2. The van der Waals surface area contributed by atoms with Crippen LogP contribution in [-0.2, 0) is 0 Å². The van der Waals surface area contributed by atoms with Crippen LogP contribution < -0.4 is 15.8 Å². The van der Waals surface area contributed by atoms with Gasteiger partial charge in [-0.15, -0.1) is 0 Å². The first-order valence-electron chi connectivity index (χ1n) is 10.2. The SMILES string of the molecule is CC(=O)c1ccc(N2CCC(C3CC(c4ccc(Cl)cc4)NN3)CC2)c([N+](=O)[O-])c1. The molecule has 2 saturated heterocycles. The molecule has 2 aromatic carbocycles. The summed E-state index contributed by atoms with van der Waals surface area (Å²) in [6.45, 7) is 2.94.